The highest BCUT2D eigenvalue weighted by Crippen LogP contribution is 2.21. The van der Waals surface area contributed by atoms with E-state index in [0.717, 1.165) is 16.6 Å². The Morgan fingerprint density at radius 1 is 1.15 bits per heavy atom. The highest BCUT2D eigenvalue weighted by Gasteiger charge is 2.13. The molecule has 0 spiro atoms. The quantitative estimate of drug-likeness (QED) is 0.579. The molecule has 1 N–H and O–H groups in total. The van der Waals surface area contributed by atoms with Gasteiger partial charge in [0.2, 0.25) is 5.91 Å². The Labute approximate surface area is 153 Å². The highest BCUT2D eigenvalue weighted by atomic mass is 16.2. The third kappa shape index (κ3) is 3.99. The second-order valence-corrected chi connectivity index (χ2v) is 7.42. The summed E-state index contributed by atoms with van der Waals surface area (Å²) in [5.41, 5.74) is 6.80. The number of rotatable bonds is 4. The summed E-state index contributed by atoms with van der Waals surface area (Å²) in [4.78, 5) is 16.6. The molecule has 5 nitrogen and oxygen atoms in total. The summed E-state index contributed by atoms with van der Waals surface area (Å²) < 4.78 is 1.93. The summed E-state index contributed by atoms with van der Waals surface area (Å²) >= 11 is 0. The van der Waals surface area contributed by atoms with E-state index < -0.39 is 0 Å². The van der Waals surface area contributed by atoms with Gasteiger partial charge in [0, 0.05) is 7.05 Å². The molecule has 1 aromatic heterocycles. The normalized spacial score (nSPS) is 12.0. The van der Waals surface area contributed by atoms with Crippen molar-refractivity contribution >= 4 is 23.2 Å². The van der Waals surface area contributed by atoms with Gasteiger partial charge in [-0.15, -0.1) is 0 Å². The number of para-hydroxylation sites is 2. The zero-order valence-corrected chi connectivity index (χ0v) is 15.7. The van der Waals surface area contributed by atoms with Crippen molar-refractivity contribution in [3.8, 4) is 0 Å². The third-order valence-electron chi connectivity index (χ3n) is 4.38. The van der Waals surface area contributed by atoms with Crippen LogP contribution >= 0.6 is 0 Å². The van der Waals surface area contributed by atoms with Crippen LogP contribution in [-0.2, 0) is 23.7 Å². The fourth-order valence-corrected chi connectivity index (χ4v) is 2.78. The molecule has 0 aliphatic heterocycles. The Balaban J connectivity index is 1.61. The molecule has 3 rings (SSSR count). The number of fused-ring (bicyclic) bond motifs is 1. The lowest BCUT2D eigenvalue weighted by atomic mass is 9.87. The molecule has 0 aliphatic rings. The second-order valence-electron chi connectivity index (χ2n) is 7.42. The molecule has 5 heteroatoms. The van der Waals surface area contributed by atoms with E-state index in [9.17, 15) is 4.79 Å². The third-order valence-corrected chi connectivity index (χ3v) is 4.38. The predicted molar refractivity (Wildman–Crippen MR) is 105 cm³/mol. The molecular weight excluding hydrogens is 324 g/mol. The van der Waals surface area contributed by atoms with E-state index >= 15 is 0 Å². The number of hydrogen-bond acceptors (Lipinski definition) is 3. The van der Waals surface area contributed by atoms with Gasteiger partial charge in [-0.05, 0) is 28.7 Å². The minimum Gasteiger partial charge on any atom is -0.331 e. The Morgan fingerprint density at radius 3 is 2.50 bits per heavy atom. The number of carbonyl (C=O) groups excluding carboxylic acids is 1. The molecule has 0 atom stereocenters. The molecule has 134 valence electrons. The van der Waals surface area contributed by atoms with Gasteiger partial charge < -0.3 is 4.57 Å². The van der Waals surface area contributed by atoms with E-state index in [1.54, 1.807) is 6.21 Å². The molecule has 0 saturated carbocycles. The van der Waals surface area contributed by atoms with Crippen LogP contribution in [0.4, 0.5) is 0 Å². The number of imidazole rings is 1. The number of aryl methyl sites for hydroxylation is 1. The van der Waals surface area contributed by atoms with Crippen LogP contribution in [0, 0.1) is 0 Å². The lowest BCUT2D eigenvalue weighted by molar-refractivity contribution is -0.120. The summed E-state index contributed by atoms with van der Waals surface area (Å²) in [6, 6.07) is 16.0. The number of hydrogen-bond donors (Lipinski definition) is 1. The maximum Gasteiger partial charge on any atom is 0.247 e. The van der Waals surface area contributed by atoms with E-state index in [2.05, 4.69) is 48.4 Å². The number of nitrogens with one attached hydrogen (secondary N) is 1. The molecule has 0 unspecified atom stereocenters. The van der Waals surface area contributed by atoms with Crippen molar-refractivity contribution in [3.05, 3.63) is 65.5 Å². The molecular formula is C21H24N4O. The predicted octanol–water partition coefficient (Wildman–Crippen LogP) is 3.56. The van der Waals surface area contributed by atoms with E-state index in [4.69, 9.17) is 0 Å². The largest absolute Gasteiger partial charge is 0.331 e. The first-order valence-electron chi connectivity index (χ1n) is 8.67. The van der Waals surface area contributed by atoms with E-state index in [1.807, 2.05) is 48.0 Å². The molecule has 0 aliphatic carbocycles. The zero-order valence-electron chi connectivity index (χ0n) is 15.7. The van der Waals surface area contributed by atoms with Gasteiger partial charge in [0.25, 0.3) is 0 Å². The highest BCUT2D eigenvalue weighted by molar-refractivity contribution is 5.84. The first kappa shape index (κ1) is 17.9. The molecule has 0 bridgehead atoms. The molecule has 0 radical (unpaired) electrons. The van der Waals surface area contributed by atoms with Crippen molar-refractivity contribution in [3.63, 3.8) is 0 Å². The summed E-state index contributed by atoms with van der Waals surface area (Å²) in [6.45, 7) is 6.53. The minimum absolute atomic E-state index is 0.121. The first-order chi connectivity index (χ1) is 12.3. The zero-order chi connectivity index (χ0) is 18.7. The number of amides is 1. The van der Waals surface area contributed by atoms with Gasteiger partial charge in [0.05, 0.1) is 23.7 Å². The van der Waals surface area contributed by atoms with Gasteiger partial charge in [0.15, 0.2) is 0 Å². The minimum atomic E-state index is -0.189. The fraction of sp³-hybridized carbons (Fsp3) is 0.286. The lowest BCUT2D eigenvalue weighted by Crippen LogP contribution is -2.21. The van der Waals surface area contributed by atoms with Crippen LogP contribution in [0.25, 0.3) is 11.0 Å². The van der Waals surface area contributed by atoms with Crippen molar-refractivity contribution < 1.29 is 4.79 Å². The lowest BCUT2D eigenvalue weighted by Gasteiger charge is -2.18. The van der Waals surface area contributed by atoms with Gasteiger partial charge >= 0.3 is 0 Å². The summed E-state index contributed by atoms with van der Waals surface area (Å²) in [5.74, 6) is 0.527. The topological polar surface area (TPSA) is 59.3 Å². The fourth-order valence-electron chi connectivity index (χ4n) is 2.78. The maximum absolute atomic E-state index is 12.1. The number of aromatic nitrogens is 2. The summed E-state index contributed by atoms with van der Waals surface area (Å²) in [5, 5.41) is 4.05. The van der Waals surface area contributed by atoms with Crippen molar-refractivity contribution in [2.45, 2.75) is 32.6 Å². The monoisotopic (exact) mass is 348 g/mol. The van der Waals surface area contributed by atoms with Gasteiger partial charge in [-0.2, -0.15) is 5.10 Å². The summed E-state index contributed by atoms with van der Waals surface area (Å²) in [6.07, 6.45) is 1.84. The van der Waals surface area contributed by atoms with Crippen LogP contribution in [0.3, 0.4) is 0 Å². The van der Waals surface area contributed by atoms with E-state index in [-0.39, 0.29) is 17.7 Å². The molecule has 1 heterocycles. The van der Waals surface area contributed by atoms with Crippen LogP contribution in [0.15, 0.2) is 53.6 Å². The van der Waals surface area contributed by atoms with E-state index in [1.165, 1.54) is 5.56 Å². The van der Waals surface area contributed by atoms with Crippen LogP contribution in [0.5, 0.6) is 0 Å². The molecule has 3 aromatic rings. The van der Waals surface area contributed by atoms with Crippen LogP contribution in [-0.4, -0.2) is 21.7 Å². The molecule has 26 heavy (non-hydrogen) atoms. The maximum atomic E-state index is 12.1. The number of hydrazone groups is 1. The van der Waals surface area contributed by atoms with Gasteiger partial charge in [-0.3, -0.25) is 4.79 Å². The Kier molecular flexibility index (Phi) is 4.89. The van der Waals surface area contributed by atoms with Gasteiger partial charge in [0.1, 0.15) is 5.82 Å². The van der Waals surface area contributed by atoms with Crippen molar-refractivity contribution in [1.82, 2.24) is 15.0 Å². The van der Waals surface area contributed by atoms with Crippen molar-refractivity contribution in [1.29, 1.82) is 0 Å². The van der Waals surface area contributed by atoms with Crippen molar-refractivity contribution in [2.75, 3.05) is 0 Å². The first-order valence-corrected chi connectivity index (χ1v) is 8.67. The van der Waals surface area contributed by atoms with E-state index in [0.29, 0.717) is 5.82 Å². The average molecular weight is 348 g/mol. The SMILES string of the molecule is Cn1c(CC(=O)N/N=C/c2ccc(C(C)(C)C)cc2)nc2ccccc21. The molecule has 0 fully saturated rings. The number of benzene rings is 2. The molecule has 2 aromatic carbocycles. The average Bonchev–Trinajstić information content (AvgIpc) is 2.91. The van der Waals surface area contributed by atoms with Gasteiger partial charge in [-0.1, -0.05) is 57.2 Å². The van der Waals surface area contributed by atoms with Gasteiger partial charge in [-0.25, -0.2) is 10.4 Å². The Morgan fingerprint density at radius 2 is 1.85 bits per heavy atom. The Hall–Kier alpha value is -2.95. The number of nitrogens with zero attached hydrogens (tertiary/aromatic N) is 3. The smallest absolute Gasteiger partial charge is 0.247 e. The molecule has 1 amide bonds. The molecule has 0 saturated heterocycles. The van der Waals surface area contributed by atoms with Crippen molar-refractivity contribution in [2.24, 2.45) is 12.1 Å². The number of carbonyl (C=O) groups is 1. The standard InChI is InChI=1S/C21H24N4O/c1-21(2,3)16-11-9-15(10-12-16)14-22-24-20(26)13-19-23-17-7-5-6-8-18(17)25(19)4/h5-12,14H,13H2,1-4H3,(H,24,26)/b22-14+. The van der Waals surface area contributed by atoms with Crippen LogP contribution in [0.1, 0.15) is 37.7 Å². The second kappa shape index (κ2) is 7.12. The Bertz CT molecular complexity index is 946. The van der Waals surface area contributed by atoms with Crippen LogP contribution in [0.2, 0.25) is 0 Å². The summed E-state index contributed by atoms with van der Waals surface area (Å²) in [7, 11) is 1.91. The van der Waals surface area contributed by atoms with Crippen LogP contribution < -0.4 is 5.43 Å².